The van der Waals surface area contributed by atoms with Crippen molar-refractivity contribution >= 4 is 62.9 Å². The van der Waals surface area contributed by atoms with Gasteiger partial charge in [0.15, 0.2) is 9.90 Å². The first-order valence-electron chi connectivity index (χ1n) is 9.29. The molecule has 30 heavy (non-hydrogen) atoms. The number of halogens is 1. The molecule has 0 fully saturated rings. The number of carbonyl (C=O) groups is 1. The van der Waals surface area contributed by atoms with Gasteiger partial charge < -0.3 is 15.6 Å². The molecule has 2 aromatic heterocycles. The van der Waals surface area contributed by atoms with E-state index in [1.165, 1.54) is 11.3 Å². The van der Waals surface area contributed by atoms with E-state index in [1.54, 1.807) is 0 Å². The molecule has 0 unspecified atom stereocenters. The highest BCUT2D eigenvalue weighted by Crippen LogP contribution is 2.25. The first-order valence-corrected chi connectivity index (χ1v) is 11.0. The standard InChI is InChI=1S/C21H18ClN5OS2/c22-16-7-3-1-5-13(16)9-10-23-18(28)11-14-12-30-21(24-14)27-19-15-6-2-4-8-17(15)25-20(29)26-19/h1-8,12H,9-11H2,(H,23,28)(H2,24,25,26,27,29). The van der Waals surface area contributed by atoms with Crippen LogP contribution >= 0.6 is 35.2 Å². The summed E-state index contributed by atoms with van der Waals surface area (Å²) >= 11 is 12.8. The van der Waals surface area contributed by atoms with E-state index in [2.05, 4.69) is 25.6 Å². The monoisotopic (exact) mass is 455 g/mol. The number of nitrogens with one attached hydrogen (secondary N) is 3. The highest BCUT2D eigenvalue weighted by Gasteiger charge is 2.10. The number of amides is 1. The minimum Gasteiger partial charge on any atom is -0.355 e. The highest BCUT2D eigenvalue weighted by atomic mass is 35.5. The minimum atomic E-state index is -0.0790. The second-order valence-corrected chi connectivity index (χ2v) is 8.23. The van der Waals surface area contributed by atoms with Gasteiger partial charge in [-0.3, -0.25) is 4.79 Å². The second-order valence-electron chi connectivity index (χ2n) is 6.57. The van der Waals surface area contributed by atoms with Crippen LogP contribution in [-0.2, 0) is 17.6 Å². The molecular formula is C21H18ClN5OS2. The fourth-order valence-electron chi connectivity index (χ4n) is 3.01. The molecule has 6 nitrogen and oxygen atoms in total. The largest absolute Gasteiger partial charge is 0.355 e. The predicted octanol–water partition coefficient (Wildman–Crippen LogP) is 5.05. The highest BCUT2D eigenvalue weighted by molar-refractivity contribution is 7.71. The summed E-state index contributed by atoms with van der Waals surface area (Å²) in [7, 11) is 0. The first kappa shape index (κ1) is 20.5. The molecule has 0 spiro atoms. The third-order valence-corrected chi connectivity index (χ3v) is 5.80. The Kier molecular flexibility index (Phi) is 6.37. The van der Waals surface area contributed by atoms with Gasteiger partial charge in [-0.25, -0.2) is 9.97 Å². The maximum Gasteiger partial charge on any atom is 0.226 e. The lowest BCUT2D eigenvalue weighted by Crippen LogP contribution is -2.27. The molecule has 4 rings (SSSR count). The van der Waals surface area contributed by atoms with Crippen LogP contribution in [0.15, 0.2) is 53.9 Å². The summed E-state index contributed by atoms with van der Waals surface area (Å²) < 4.78 is 0.394. The fraction of sp³-hybridized carbons (Fsp3) is 0.143. The van der Waals surface area contributed by atoms with E-state index in [1.807, 2.05) is 53.9 Å². The maximum absolute atomic E-state index is 12.2. The Balaban J connectivity index is 1.36. The van der Waals surface area contributed by atoms with Crippen LogP contribution in [0.3, 0.4) is 0 Å². The molecule has 4 aromatic rings. The number of hydrogen-bond acceptors (Lipinski definition) is 6. The van der Waals surface area contributed by atoms with Crippen molar-refractivity contribution < 1.29 is 4.79 Å². The molecule has 0 aliphatic heterocycles. The normalized spacial score (nSPS) is 10.8. The summed E-state index contributed by atoms with van der Waals surface area (Å²) in [5.74, 6) is 0.559. The molecule has 0 radical (unpaired) electrons. The van der Waals surface area contributed by atoms with Crippen LogP contribution in [0.2, 0.25) is 5.02 Å². The molecule has 0 saturated heterocycles. The van der Waals surface area contributed by atoms with Gasteiger partial charge in [-0.1, -0.05) is 41.9 Å². The molecular weight excluding hydrogens is 438 g/mol. The lowest BCUT2D eigenvalue weighted by atomic mass is 10.1. The zero-order chi connectivity index (χ0) is 20.9. The molecule has 0 bridgehead atoms. The molecule has 3 N–H and O–H groups in total. The average molecular weight is 456 g/mol. The number of carbonyl (C=O) groups excluding carboxylic acids is 1. The van der Waals surface area contributed by atoms with Gasteiger partial charge in [0.25, 0.3) is 0 Å². The van der Waals surface area contributed by atoms with E-state index in [0.29, 0.717) is 39.4 Å². The van der Waals surface area contributed by atoms with Gasteiger partial charge in [-0.05, 0) is 42.4 Å². The molecule has 2 aromatic carbocycles. The Bertz CT molecular complexity index is 1250. The third-order valence-electron chi connectivity index (χ3n) is 4.43. The number of aromatic amines is 1. The zero-order valence-electron chi connectivity index (χ0n) is 15.8. The Morgan fingerprint density at radius 2 is 1.93 bits per heavy atom. The second kappa shape index (κ2) is 9.34. The van der Waals surface area contributed by atoms with Gasteiger partial charge in [0.2, 0.25) is 5.91 Å². The van der Waals surface area contributed by atoms with Gasteiger partial charge in [-0.2, -0.15) is 0 Å². The average Bonchev–Trinajstić information content (AvgIpc) is 3.16. The van der Waals surface area contributed by atoms with Crippen molar-refractivity contribution in [2.75, 3.05) is 11.9 Å². The lowest BCUT2D eigenvalue weighted by molar-refractivity contribution is -0.120. The van der Waals surface area contributed by atoms with Crippen LogP contribution in [0.25, 0.3) is 10.9 Å². The number of rotatable bonds is 7. The number of thiazole rings is 1. The molecule has 0 aliphatic carbocycles. The molecule has 152 valence electrons. The van der Waals surface area contributed by atoms with Crippen molar-refractivity contribution in [2.24, 2.45) is 0 Å². The number of para-hydroxylation sites is 1. The van der Waals surface area contributed by atoms with Crippen LogP contribution in [0.4, 0.5) is 10.9 Å². The van der Waals surface area contributed by atoms with Gasteiger partial charge in [0, 0.05) is 22.3 Å². The van der Waals surface area contributed by atoms with Gasteiger partial charge in [0.05, 0.1) is 17.6 Å². The summed E-state index contributed by atoms with van der Waals surface area (Å²) in [5.41, 5.74) is 2.61. The quantitative estimate of drug-likeness (QED) is 0.340. The van der Waals surface area contributed by atoms with Crippen LogP contribution in [0.5, 0.6) is 0 Å². The van der Waals surface area contributed by atoms with Crippen LogP contribution in [0.1, 0.15) is 11.3 Å². The molecule has 0 saturated carbocycles. The van der Waals surface area contributed by atoms with E-state index in [-0.39, 0.29) is 12.3 Å². The number of aromatic nitrogens is 3. The smallest absolute Gasteiger partial charge is 0.226 e. The van der Waals surface area contributed by atoms with E-state index in [0.717, 1.165) is 16.5 Å². The van der Waals surface area contributed by atoms with Crippen molar-refractivity contribution in [2.45, 2.75) is 12.8 Å². The van der Waals surface area contributed by atoms with Crippen molar-refractivity contribution in [1.29, 1.82) is 0 Å². The molecule has 9 heteroatoms. The van der Waals surface area contributed by atoms with E-state index in [4.69, 9.17) is 23.8 Å². The first-order chi connectivity index (χ1) is 14.6. The number of hydrogen-bond donors (Lipinski definition) is 3. The summed E-state index contributed by atoms with van der Waals surface area (Å²) in [4.78, 5) is 24.2. The van der Waals surface area contributed by atoms with Crippen LogP contribution in [-0.4, -0.2) is 27.4 Å². The van der Waals surface area contributed by atoms with Crippen LogP contribution < -0.4 is 10.6 Å². The number of anilines is 2. The summed E-state index contributed by atoms with van der Waals surface area (Å²) in [6.07, 6.45) is 0.895. The van der Waals surface area contributed by atoms with Crippen molar-refractivity contribution in [1.82, 2.24) is 20.3 Å². The van der Waals surface area contributed by atoms with Gasteiger partial charge in [0.1, 0.15) is 5.82 Å². The maximum atomic E-state index is 12.2. The number of fused-ring (bicyclic) bond motifs is 1. The van der Waals surface area contributed by atoms with Crippen molar-refractivity contribution in [3.63, 3.8) is 0 Å². The van der Waals surface area contributed by atoms with Crippen molar-refractivity contribution in [3.05, 3.63) is 75.0 Å². The number of nitrogens with zero attached hydrogens (tertiary/aromatic N) is 2. The third kappa shape index (κ3) is 5.02. The predicted molar refractivity (Wildman–Crippen MR) is 124 cm³/mol. The Morgan fingerprint density at radius 3 is 2.80 bits per heavy atom. The van der Waals surface area contributed by atoms with E-state index >= 15 is 0 Å². The summed E-state index contributed by atoms with van der Waals surface area (Å²) in [6.45, 7) is 0.524. The van der Waals surface area contributed by atoms with Crippen LogP contribution in [0, 0.1) is 4.77 Å². The fourth-order valence-corrected chi connectivity index (χ4v) is 4.15. The Labute approximate surface area is 187 Å². The Hall–Kier alpha value is -2.81. The number of H-pyrrole nitrogens is 1. The summed E-state index contributed by atoms with van der Waals surface area (Å²) in [5, 5.41) is 10.3. The summed E-state index contributed by atoms with van der Waals surface area (Å²) in [6, 6.07) is 15.4. The topological polar surface area (TPSA) is 82.7 Å². The van der Waals surface area contributed by atoms with Gasteiger partial charge in [-0.15, -0.1) is 11.3 Å². The van der Waals surface area contributed by atoms with E-state index < -0.39 is 0 Å². The molecule has 0 atom stereocenters. The molecule has 0 aliphatic rings. The SMILES string of the molecule is O=C(Cc1csc(Nc2nc(=S)[nH]c3ccccc23)n1)NCCc1ccccc1Cl. The zero-order valence-corrected chi connectivity index (χ0v) is 18.2. The molecule has 2 heterocycles. The Morgan fingerprint density at radius 1 is 1.13 bits per heavy atom. The molecule has 1 amide bonds. The van der Waals surface area contributed by atoms with E-state index in [9.17, 15) is 4.79 Å². The minimum absolute atomic E-state index is 0.0790. The van der Waals surface area contributed by atoms with Gasteiger partial charge >= 0.3 is 0 Å². The van der Waals surface area contributed by atoms with Crippen molar-refractivity contribution in [3.8, 4) is 0 Å². The lowest BCUT2D eigenvalue weighted by Gasteiger charge is -2.06. The number of benzene rings is 2.